The van der Waals surface area contributed by atoms with Gasteiger partial charge in [0.25, 0.3) is 0 Å². The summed E-state index contributed by atoms with van der Waals surface area (Å²) in [5.41, 5.74) is 2.54. The number of carboxylic acids is 1. The summed E-state index contributed by atoms with van der Waals surface area (Å²) in [4.78, 5) is 11.1. The minimum absolute atomic E-state index is 0.198. The van der Waals surface area contributed by atoms with Crippen molar-refractivity contribution in [3.63, 3.8) is 0 Å². The van der Waals surface area contributed by atoms with Crippen LogP contribution >= 0.6 is 0 Å². The van der Waals surface area contributed by atoms with E-state index in [2.05, 4.69) is 38.1 Å². The van der Waals surface area contributed by atoms with Crippen LogP contribution in [0.5, 0.6) is 0 Å². The van der Waals surface area contributed by atoms with E-state index >= 15 is 0 Å². The van der Waals surface area contributed by atoms with Gasteiger partial charge in [0.15, 0.2) is 0 Å². The molecule has 0 saturated heterocycles. The number of carboxylic acid groups (broad SMARTS) is 1. The lowest BCUT2D eigenvalue weighted by Crippen LogP contribution is -2.67. The first-order valence-corrected chi connectivity index (χ1v) is 6.31. The van der Waals surface area contributed by atoms with Gasteiger partial charge in [-0.2, -0.15) is 0 Å². The van der Waals surface area contributed by atoms with Gasteiger partial charge in [-0.15, -0.1) is 0 Å². The Hall–Kier alpha value is -1.31. The van der Waals surface area contributed by atoms with Crippen LogP contribution in [0.2, 0.25) is 0 Å². The molecule has 2 heteroatoms. The van der Waals surface area contributed by atoms with E-state index in [1.807, 2.05) is 0 Å². The van der Waals surface area contributed by atoms with Crippen molar-refractivity contribution in [3.8, 4) is 0 Å². The molecule has 0 heterocycles. The van der Waals surface area contributed by atoms with E-state index in [0.29, 0.717) is 5.92 Å². The lowest BCUT2D eigenvalue weighted by atomic mass is 9.33. The predicted octanol–water partition coefficient (Wildman–Crippen LogP) is 3.32. The van der Waals surface area contributed by atoms with Crippen LogP contribution in [0.25, 0.3) is 0 Å². The molecule has 0 aliphatic heterocycles. The lowest BCUT2D eigenvalue weighted by molar-refractivity contribution is -0.194. The fourth-order valence-corrected chi connectivity index (χ4v) is 3.55. The van der Waals surface area contributed by atoms with E-state index in [1.165, 1.54) is 11.1 Å². The van der Waals surface area contributed by atoms with Crippen molar-refractivity contribution in [1.29, 1.82) is 0 Å². The summed E-state index contributed by atoms with van der Waals surface area (Å²) in [6.45, 7) is 4.39. The van der Waals surface area contributed by atoms with Crippen LogP contribution in [0.4, 0.5) is 0 Å². The highest BCUT2D eigenvalue weighted by Gasteiger charge is 2.72. The number of rotatable bonds is 3. The SMILES string of the molecule is CC(C)c1cccc(C23CC(C(=O)O)(C2)C3)c1. The number of hydrogen-bond acceptors (Lipinski definition) is 1. The van der Waals surface area contributed by atoms with Crippen molar-refractivity contribution in [2.45, 2.75) is 44.4 Å². The molecule has 3 fully saturated rings. The Bertz CT molecular complexity index is 468. The number of benzene rings is 1. The molecular weight excluding hydrogens is 212 g/mol. The van der Waals surface area contributed by atoms with Gasteiger partial charge in [0.05, 0.1) is 5.41 Å². The van der Waals surface area contributed by atoms with Gasteiger partial charge in [-0.3, -0.25) is 4.79 Å². The molecule has 4 rings (SSSR count). The topological polar surface area (TPSA) is 37.3 Å². The van der Waals surface area contributed by atoms with E-state index < -0.39 is 5.97 Å². The summed E-state index contributed by atoms with van der Waals surface area (Å²) in [6.07, 6.45) is 2.53. The van der Waals surface area contributed by atoms with Gasteiger partial charge in [-0.1, -0.05) is 38.1 Å². The third-order valence-corrected chi connectivity index (χ3v) is 4.65. The highest BCUT2D eigenvalue weighted by atomic mass is 16.4. The number of hydrogen-bond donors (Lipinski definition) is 1. The molecular formula is C15H18O2. The molecule has 1 aromatic carbocycles. The molecule has 3 aliphatic carbocycles. The summed E-state index contributed by atoms with van der Waals surface area (Å²) in [7, 11) is 0. The van der Waals surface area contributed by atoms with Gasteiger partial charge in [-0.25, -0.2) is 0 Å². The number of carbonyl (C=O) groups is 1. The second-order valence-electron chi connectivity index (χ2n) is 6.18. The second-order valence-corrected chi connectivity index (χ2v) is 6.18. The quantitative estimate of drug-likeness (QED) is 0.865. The van der Waals surface area contributed by atoms with Crippen molar-refractivity contribution in [1.82, 2.24) is 0 Å². The van der Waals surface area contributed by atoms with Crippen molar-refractivity contribution >= 4 is 5.97 Å². The number of aliphatic carboxylic acids is 1. The third-order valence-electron chi connectivity index (χ3n) is 4.65. The van der Waals surface area contributed by atoms with Gasteiger partial charge in [0, 0.05) is 0 Å². The Morgan fingerprint density at radius 1 is 1.29 bits per heavy atom. The monoisotopic (exact) mass is 230 g/mol. The standard InChI is InChI=1S/C15H18O2/c1-10(2)11-4-3-5-12(6-11)14-7-15(8-14,9-14)13(16)17/h3-6,10H,7-9H2,1-2H3,(H,16,17). The maximum absolute atomic E-state index is 11.1. The highest BCUT2D eigenvalue weighted by molar-refractivity contribution is 5.80. The van der Waals surface area contributed by atoms with Crippen LogP contribution in [-0.4, -0.2) is 11.1 Å². The molecule has 1 N–H and O–H groups in total. The normalized spacial score (nSPS) is 34.1. The van der Waals surface area contributed by atoms with Crippen molar-refractivity contribution in [3.05, 3.63) is 35.4 Å². The van der Waals surface area contributed by atoms with Crippen molar-refractivity contribution in [2.75, 3.05) is 0 Å². The van der Waals surface area contributed by atoms with Crippen LogP contribution < -0.4 is 0 Å². The van der Waals surface area contributed by atoms with Gasteiger partial charge in [0.1, 0.15) is 0 Å². The lowest BCUT2D eigenvalue weighted by Gasteiger charge is -2.68. The van der Waals surface area contributed by atoms with Crippen LogP contribution in [0.15, 0.2) is 24.3 Å². The Morgan fingerprint density at radius 2 is 1.94 bits per heavy atom. The largest absolute Gasteiger partial charge is 0.481 e. The average Bonchev–Trinajstić information content (AvgIpc) is 2.13. The molecule has 90 valence electrons. The second kappa shape index (κ2) is 3.12. The zero-order chi connectivity index (χ0) is 12.3. The molecule has 0 spiro atoms. The van der Waals surface area contributed by atoms with Crippen molar-refractivity contribution in [2.24, 2.45) is 5.41 Å². The highest BCUT2D eigenvalue weighted by Crippen LogP contribution is 2.73. The first kappa shape index (κ1) is 10.8. The Kier molecular flexibility index (Phi) is 1.99. The molecule has 0 radical (unpaired) electrons. The van der Waals surface area contributed by atoms with Crippen LogP contribution in [0.1, 0.15) is 50.2 Å². The van der Waals surface area contributed by atoms with Crippen molar-refractivity contribution < 1.29 is 9.90 Å². The Balaban J connectivity index is 1.85. The molecule has 0 unspecified atom stereocenters. The molecule has 0 amide bonds. The minimum Gasteiger partial charge on any atom is -0.481 e. The molecule has 3 saturated carbocycles. The molecule has 0 atom stereocenters. The van der Waals surface area contributed by atoms with E-state index in [0.717, 1.165) is 19.3 Å². The Labute approximate surface area is 102 Å². The average molecular weight is 230 g/mol. The molecule has 1 aromatic rings. The fraction of sp³-hybridized carbons (Fsp3) is 0.533. The first-order valence-electron chi connectivity index (χ1n) is 6.31. The van der Waals surface area contributed by atoms with E-state index in [4.69, 9.17) is 5.11 Å². The summed E-state index contributed by atoms with van der Waals surface area (Å²) < 4.78 is 0. The summed E-state index contributed by atoms with van der Waals surface area (Å²) >= 11 is 0. The van der Waals surface area contributed by atoms with Crippen LogP contribution in [-0.2, 0) is 10.2 Å². The minimum atomic E-state index is -0.598. The van der Waals surface area contributed by atoms with Crippen LogP contribution in [0, 0.1) is 5.41 Å². The maximum Gasteiger partial charge on any atom is 0.309 e. The first-order chi connectivity index (χ1) is 7.97. The smallest absolute Gasteiger partial charge is 0.309 e. The zero-order valence-electron chi connectivity index (χ0n) is 10.4. The summed E-state index contributed by atoms with van der Waals surface area (Å²) in [6, 6.07) is 8.71. The van der Waals surface area contributed by atoms with Gasteiger partial charge in [0.2, 0.25) is 0 Å². The molecule has 17 heavy (non-hydrogen) atoms. The van der Waals surface area contributed by atoms with E-state index in [-0.39, 0.29) is 10.8 Å². The third kappa shape index (κ3) is 1.30. The van der Waals surface area contributed by atoms with Gasteiger partial charge in [-0.05, 0) is 41.7 Å². The molecule has 2 nitrogen and oxygen atoms in total. The summed E-state index contributed by atoms with van der Waals surface area (Å²) in [5.74, 6) is -0.0601. The fourth-order valence-electron chi connectivity index (χ4n) is 3.55. The molecule has 2 bridgehead atoms. The van der Waals surface area contributed by atoms with Gasteiger partial charge < -0.3 is 5.11 Å². The van der Waals surface area contributed by atoms with Crippen LogP contribution in [0.3, 0.4) is 0 Å². The molecule has 3 aliphatic rings. The maximum atomic E-state index is 11.1. The summed E-state index contributed by atoms with van der Waals surface area (Å²) in [5, 5.41) is 9.13. The molecule has 0 aromatic heterocycles. The zero-order valence-corrected chi connectivity index (χ0v) is 10.4. The van der Waals surface area contributed by atoms with E-state index in [9.17, 15) is 4.79 Å². The van der Waals surface area contributed by atoms with Gasteiger partial charge >= 0.3 is 5.97 Å². The Morgan fingerprint density at radius 3 is 2.47 bits per heavy atom. The van der Waals surface area contributed by atoms with E-state index in [1.54, 1.807) is 0 Å². The predicted molar refractivity (Wildman–Crippen MR) is 66.1 cm³/mol.